The van der Waals surface area contributed by atoms with Gasteiger partial charge in [0.1, 0.15) is 0 Å². The molecular weight excluding hydrogens is 124 g/mol. The Morgan fingerprint density at radius 2 is 2.10 bits per heavy atom. The number of nitrogens with two attached hydrogens (primary N) is 2. The summed E-state index contributed by atoms with van der Waals surface area (Å²) in [5, 5.41) is 0. The van der Waals surface area contributed by atoms with Crippen LogP contribution in [-0.4, -0.2) is 13.1 Å². The molecule has 0 aromatic carbocycles. The minimum atomic E-state index is 0.638. The molecule has 1 aliphatic carbocycles. The fraction of sp³-hybridized carbons (Fsp3) is 0.875. The van der Waals surface area contributed by atoms with Gasteiger partial charge < -0.3 is 11.5 Å². The second-order valence-corrected chi connectivity index (χ2v) is 3.04. The van der Waals surface area contributed by atoms with Crippen molar-refractivity contribution in [2.24, 2.45) is 17.4 Å². The highest BCUT2D eigenvalue weighted by molar-refractivity contribution is 5.00. The lowest BCUT2D eigenvalue weighted by Crippen LogP contribution is -2.30. The normalized spacial score (nSPS) is 28.8. The van der Waals surface area contributed by atoms with E-state index in [1.165, 1.54) is 31.6 Å². The zero-order chi connectivity index (χ0) is 7.40. The molecule has 1 atom stereocenters. The van der Waals surface area contributed by atoms with Crippen molar-refractivity contribution in [3.8, 4) is 0 Å². The Kier molecular flexibility index (Phi) is 3.16. The van der Waals surface area contributed by atoms with Gasteiger partial charge in [-0.05, 0) is 37.8 Å². The van der Waals surface area contributed by atoms with Crippen LogP contribution in [0.15, 0.2) is 0 Å². The van der Waals surface area contributed by atoms with Gasteiger partial charge in [0.2, 0.25) is 0 Å². The highest BCUT2D eigenvalue weighted by Gasteiger charge is 2.22. The lowest BCUT2D eigenvalue weighted by molar-refractivity contribution is 0.394. The molecule has 1 rings (SSSR count). The fourth-order valence-corrected chi connectivity index (χ4v) is 1.70. The van der Waals surface area contributed by atoms with Crippen LogP contribution in [0, 0.1) is 11.8 Å². The van der Waals surface area contributed by atoms with E-state index in [-0.39, 0.29) is 0 Å². The van der Waals surface area contributed by atoms with Gasteiger partial charge in [-0.15, -0.1) is 0 Å². The van der Waals surface area contributed by atoms with Crippen molar-refractivity contribution in [3.63, 3.8) is 0 Å². The summed E-state index contributed by atoms with van der Waals surface area (Å²) in [5.41, 5.74) is 11.2. The van der Waals surface area contributed by atoms with E-state index in [0.29, 0.717) is 5.92 Å². The topological polar surface area (TPSA) is 52.0 Å². The van der Waals surface area contributed by atoms with E-state index in [0.717, 1.165) is 13.1 Å². The van der Waals surface area contributed by atoms with Gasteiger partial charge in [0.05, 0.1) is 0 Å². The summed E-state index contributed by atoms with van der Waals surface area (Å²) in [6.45, 7) is 1.55. The van der Waals surface area contributed by atoms with E-state index in [2.05, 4.69) is 0 Å². The first-order valence-corrected chi connectivity index (χ1v) is 4.13. The van der Waals surface area contributed by atoms with Crippen LogP contribution in [0.2, 0.25) is 0 Å². The molecule has 1 aliphatic rings. The van der Waals surface area contributed by atoms with Crippen LogP contribution < -0.4 is 11.5 Å². The fourth-order valence-electron chi connectivity index (χ4n) is 1.70. The smallest absolute Gasteiger partial charge is 0.00115 e. The standard InChI is InChI=1S/C8H17N2/c9-5-7-3-1-2-4-8(7)6-10/h7H,1-6,9-10H2. The molecule has 0 aromatic heterocycles. The van der Waals surface area contributed by atoms with E-state index in [1.54, 1.807) is 0 Å². The predicted octanol–water partition coefficient (Wildman–Crippen LogP) is 0.668. The van der Waals surface area contributed by atoms with Crippen molar-refractivity contribution in [2.75, 3.05) is 13.1 Å². The molecule has 59 valence electrons. The molecule has 2 heteroatoms. The molecule has 10 heavy (non-hydrogen) atoms. The molecule has 0 heterocycles. The molecule has 0 aromatic rings. The van der Waals surface area contributed by atoms with Gasteiger partial charge in [-0.2, -0.15) is 0 Å². The highest BCUT2D eigenvalue weighted by Crippen LogP contribution is 2.29. The Balaban J connectivity index is 2.34. The second kappa shape index (κ2) is 3.94. The molecule has 0 bridgehead atoms. The van der Waals surface area contributed by atoms with Crippen LogP contribution in [0.25, 0.3) is 0 Å². The molecule has 0 aliphatic heterocycles. The first-order chi connectivity index (χ1) is 4.88. The van der Waals surface area contributed by atoms with E-state index >= 15 is 0 Å². The van der Waals surface area contributed by atoms with Crippen LogP contribution in [0.4, 0.5) is 0 Å². The first-order valence-electron chi connectivity index (χ1n) is 4.13. The molecule has 0 spiro atoms. The predicted molar refractivity (Wildman–Crippen MR) is 43.3 cm³/mol. The Hall–Kier alpha value is -0.0800. The molecule has 0 amide bonds. The summed E-state index contributed by atoms with van der Waals surface area (Å²) < 4.78 is 0. The average Bonchev–Trinajstić information content (AvgIpc) is 2.04. The minimum absolute atomic E-state index is 0.638. The van der Waals surface area contributed by atoms with E-state index in [9.17, 15) is 0 Å². The van der Waals surface area contributed by atoms with Crippen molar-refractivity contribution < 1.29 is 0 Å². The Labute approximate surface area is 63.0 Å². The van der Waals surface area contributed by atoms with Crippen LogP contribution >= 0.6 is 0 Å². The van der Waals surface area contributed by atoms with Crippen molar-refractivity contribution in [3.05, 3.63) is 5.92 Å². The molecule has 2 nitrogen and oxygen atoms in total. The highest BCUT2D eigenvalue weighted by atomic mass is 14.6. The Morgan fingerprint density at radius 1 is 1.30 bits per heavy atom. The molecule has 4 N–H and O–H groups in total. The molecular formula is C8H17N2. The van der Waals surface area contributed by atoms with Crippen LogP contribution in [0.5, 0.6) is 0 Å². The van der Waals surface area contributed by atoms with Gasteiger partial charge in [0, 0.05) is 0 Å². The first kappa shape index (κ1) is 8.02. The number of hydrogen-bond acceptors (Lipinski definition) is 2. The average molecular weight is 141 g/mol. The van der Waals surface area contributed by atoms with Crippen molar-refractivity contribution >= 4 is 0 Å². The maximum absolute atomic E-state index is 5.59. The molecule has 1 unspecified atom stereocenters. The molecule has 1 fully saturated rings. The Morgan fingerprint density at radius 3 is 2.60 bits per heavy atom. The summed E-state index contributed by atoms with van der Waals surface area (Å²) in [7, 11) is 0. The third kappa shape index (κ3) is 1.70. The van der Waals surface area contributed by atoms with Gasteiger partial charge in [-0.25, -0.2) is 0 Å². The quantitative estimate of drug-likeness (QED) is 0.594. The lowest BCUT2D eigenvalue weighted by atomic mass is 9.79. The van der Waals surface area contributed by atoms with Crippen molar-refractivity contribution in [1.82, 2.24) is 0 Å². The monoisotopic (exact) mass is 141 g/mol. The van der Waals surface area contributed by atoms with E-state index in [4.69, 9.17) is 11.5 Å². The molecule has 1 radical (unpaired) electrons. The van der Waals surface area contributed by atoms with Gasteiger partial charge in [0.25, 0.3) is 0 Å². The molecule has 1 saturated carbocycles. The summed E-state index contributed by atoms with van der Waals surface area (Å²) in [6, 6.07) is 0. The second-order valence-electron chi connectivity index (χ2n) is 3.04. The summed E-state index contributed by atoms with van der Waals surface area (Å²) >= 11 is 0. The van der Waals surface area contributed by atoms with E-state index in [1.807, 2.05) is 0 Å². The van der Waals surface area contributed by atoms with Crippen LogP contribution in [0.3, 0.4) is 0 Å². The summed E-state index contributed by atoms with van der Waals surface area (Å²) in [6.07, 6.45) is 5.15. The lowest BCUT2D eigenvalue weighted by Gasteiger charge is -2.28. The Bertz CT molecular complexity index is 81.3. The number of hydrogen-bond donors (Lipinski definition) is 2. The van der Waals surface area contributed by atoms with E-state index < -0.39 is 0 Å². The van der Waals surface area contributed by atoms with Gasteiger partial charge in [-0.1, -0.05) is 12.8 Å². The number of rotatable bonds is 2. The minimum Gasteiger partial charge on any atom is -0.330 e. The summed E-state index contributed by atoms with van der Waals surface area (Å²) in [4.78, 5) is 0. The molecule has 0 saturated heterocycles. The zero-order valence-electron chi connectivity index (χ0n) is 6.47. The van der Waals surface area contributed by atoms with Gasteiger partial charge in [0.15, 0.2) is 0 Å². The maximum atomic E-state index is 5.59. The third-order valence-corrected chi connectivity index (χ3v) is 2.42. The third-order valence-electron chi connectivity index (χ3n) is 2.42. The van der Waals surface area contributed by atoms with Crippen molar-refractivity contribution in [2.45, 2.75) is 25.7 Å². The zero-order valence-corrected chi connectivity index (χ0v) is 6.47. The van der Waals surface area contributed by atoms with Crippen LogP contribution in [0.1, 0.15) is 25.7 Å². The SMILES string of the molecule is NC[C]1CCCCC1CN. The van der Waals surface area contributed by atoms with Crippen LogP contribution in [-0.2, 0) is 0 Å². The van der Waals surface area contributed by atoms with Gasteiger partial charge >= 0.3 is 0 Å². The van der Waals surface area contributed by atoms with Gasteiger partial charge in [-0.3, -0.25) is 0 Å². The maximum Gasteiger partial charge on any atom is -0.00115 e. The largest absolute Gasteiger partial charge is 0.330 e. The summed E-state index contributed by atoms with van der Waals surface area (Å²) in [5.74, 6) is 2.13. The van der Waals surface area contributed by atoms with Crippen molar-refractivity contribution in [1.29, 1.82) is 0 Å².